The van der Waals surface area contributed by atoms with Gasteiger partial charge in [-0.05, 0) is 47.6 Å². The topological polar surface area (TPSA) is 15.3 Å². The van der Waals surface area contributed by atoms with E-state index in [1.807, 2.05) is 11.9 Å². The minimum absolute atomic E-state index is 0.251. The average molecular weight is 306 g/mol. The first kappa shape index (κ1) is 15.4. The molecule has 110 valence electrons. The maximum absolute atomic E-state index is 12.8. The first-order chi connectivity index (χ1) is 10.0. The first-order valence-electron chi connectivity index (χ1n) is 6.52. The van der Waals surface area contributed by atoms with Gasteiger partial charge >= 0.3 is 0 Å². The Morgan fingerprint density at radius 2 is 1.43 bits per heavy atom. The fourth-order valence-electron chi connectivity index (χ4n) is 1.85. The minimum Gasteiger partial charge on any atom is -0.358 e. The second kappa shape index (κ2) is 7.13. The van der Waals surface area contributed by atoms with E-state index >= 15 is 0 Å². The van der Waals surface area contributed by atoms with Crippen LogP contribution in [0.2, 0.25) is 0 Å². The van der Waals surface area contributed by atoms with Crippen LogP contribution in [0.5, 0.6) is 0 Å². The Hall–Kier alpha value is -2.01. The highest BCUT2D eigenvalue weighted by molar-refractivity contribution is 7.80. The van der Waals surface area contributed by atoms with E-state index in [9.17, 15) is 8.78 Å². The van der Waals surface area contributed by atoms with E-state index in [1.165, 1.54) is 24.3 Å². The lowest BCUT2D eigenvalue weighted by Crippen LogP contribution is -2.36. The van der Waals surface area contributed by atoms with Gasteiger partial charge in [0.2, 0.25) is 0 Å². The highest BCUT2D eigenvalue weighted by Gasteiger charge is 2.05. The van der Waals surface area contributed by atoms with Crippen LogP contribution in [0.4, 0.5) is 8.78 Å². The lowest BCUT2D eigenvalue weighted by Gasteiger charge is -2.21. The molecule has 0 aliphatic heterocycles. The predicted octanol–water partition coefficient (Wildman–Crippen LogP) is 3.47. The summed E-state index contributed by atoms with van der Waals surface area (Å²) in [6, 6.07) is 12.6. The molecule has 1 N–H and O–H groups in total. The number of thiocarbonyl (C=S) groups is 1. The average Bonchev–Trinajstić information content (AvgIpc) is 2.48. The van der Waals surface area contributed by atoms with Crippen molar-refractivity contribution in [3.8, 4) is 0 Å². The van der Waals surface area contributed by atoms with Crippen LogP contribution in [0.15, 0.2) is 48.5 Å². The van der Waals surface area contributed by atoms with E-state index in [2.05, 4.69) is 5.32 Å². The van der Waals surface area contributed by atoms with Gasteiger partial charge in [-0.2, -0.15) is 0 Å². The van der Waals surface area contributed by atoms with Gasteiger partial charge in [-0.3, -0.25) is 0 Å². The Labute approximate surface area is 128 Å². The molecular formula is C16H16F2N2S. The van der Waals surface area contributed by atoms with Gasteiger partial charge < -0.3 is 10.2 Å². The number of hydrogen-bond acceptors (Lipinski definition) is 1. The fraction of sp³-hybridized carbons (Fsp3) is 0.188. The summed E-state index contributed by atoms with van der Waals surface area (Å²) in [6.07, 6.45) is 0. The zero-order valence-electron chi connectivity index (χ0n) is 11.6. The Morgan fingerprint density at radius 1 is 0.952 bits per heavy atom. The third-order valence-corrected chi connectivity index (χ3v) is 3.49. The highest BCUT2D eigenvalue weighted by Crippen LogP contribution is 2.06. The van der Waals surface area contributed by atoms with Crippen LogP contribution in [0.3, 0.4) is 0 Å². The summed E-state index contributed by atoms with van der Waals surface area (Å²) in [4.78, 5) is 1.87. The molecule has 2 aromatic carbocycles. The molecule has 2 rings (SSSR count). The van der Waals surface area contributed by atoms with Gasteiger partial charge in [0.25, 0.3) is 0 Å². The van der Waals surface area contributed by atoms with Gasteiger partial charge in [0, 0.05) is 20.1 Å². The fourth-order valence-corrected chi connectivity index (χ4v) is 1.99. The van der Waals surface area contributed by atoms with E-state index in [0.29, 0.717) is 18.2 Å². The zero-order chi connectivity index (χ0) is 15.2. The normalized spacial score (nSPS) is 10.2. The van der Waals surface area contributed by atoms with Gasteiger partial charge in [0.05, 0.1) is 0 Å². The Kier molecular flexibility index (Phi) is 5.22. The van der Waals surface area contributed by atoms with Gasteiger partial charge in [-0.1, -0.05) is 24.3 Å². The maximum Gasteiger partial charge on any atom is 0.169 e. The van der Waals surface area contributed by atoms with Crippen LogP contribution in [-0.4, -0.2) is 17.1 Å². The van der Waals surface area contributed by atoms with Crippen molar-refractivity contribution in [3.63, 3.8) is 0 Å². The van der Waals surface area contributed by atoms with Crippen molar-refractivity contribution in [2.24, 2.45) is 0 Å². The summed E-state index contributed by atoms with van der Waals surface area (Å²) >= 11 is 5.29. The number of nitrogens with zero attached hydrogens (tertiary/aromatic N) is 1. The van der Waals surface area contributed by atoms with Crippen molar-refractivity contribution in [1.29, 1.82) is 0 Å². The van der Waals surface area contributed by atoms with E-state index in [0.717, 1.165) is 11.1 Å². The summed E-state index contributed by atoms with van der Waals surface area (Å²) in [6.45, 7) is 1.13. The summed E-state index contributed by atoms with van der Waals surface area (Å²) in [5, 5.41) is 3.70. The molecule has 0 bridgehead atoms. The van der Waals surface area contributed by atoms with E-state index < -0.39 is 0 Å². The van der Waals surface area contributed by atoms with Crippen LogP contribution in [-0.2, 0) is 13.1 Å². The van der Waals surface area contributed by atoms with Crippen molar-refractivity contribution in [3.05, 3.63) is 71.3 Å². The molecule has 0 aliphatic carbocycles. The molecule has 0 fully saturated rings. The van der Waals surface area contributed by atoms with Crippen molar-refractivity contribution in [1.82, 2.24) is 10.2 Å². The number of hydrogen-bond donors (Lipinski definition) is 1. The predicted molar refractivity (Wildman–Crippen MR) is 83.7 cm³/mol. The molecule has 0 aromatic heterocycles. The second-order valence-corrected chi connectivity index (χ2v) is 5.15. The smallest absolute Gasteiger partial charge is 0.169 e. The summed E-state index contributed by atoms with van der Waals surface area (Å²) in [7, 11) is 1.86. The van der Waals surface area contributed by atoms with Crippen molar-refractivity contribution in [2.45, 2.75) is 13.1 Å². The lowest BCUT2D eigenvalue weighted by molar-refractivity contribution is 0.488. The minimum atomic E-state index is -0.255. The molecular weight excluding hydrogens is 290 g/mol. The SMILES string of the molecule is CN(Cc1ccc(F)cc1)C(=S)NCc1ccc(F)cc1. The molecule has 0 saturated heterocycles. The molecule has 0 radical (unpaired) electrons. The highest BCUT2D eigenvalue weighted by atomic mass is 32.1. The van der Waals surface area contributed by atoms with Crippen LogP contribution in [0, 0.1) is 11.6 Å². The van der Waals surface area contributed by atoms with Gasteiger partial charge in [-0.15, -0.1) is 0 Å². The van der Waals surface area contributed by atoms with Crippen LogP contribution in [0.25, 0.3) is 0 Å². The molecule has 0 amide bonds. The summed E-state index contributed by atoms with van der Waals surface area (Å²) in [5.41, 5.74) is 1.93. The molecule has 0 saturated carbocycles. The van der Waals surface area contributed by atoms with Crippen molar-refractivity contribution in [2.75, 3.05) is 7.05 Å². The van der Waals surface area contributed by atoms with E-state index in [1.54, 1.807) is 24.3 Å². The molecule has 2 nitrogen and oxygen atoms in total. The Morgan fingerprint density at radius 3 is 1.95 bits per heavy atom. The van der Waals surface area contributed by atoms with Crippen molar-refractivity contribution >= 4 is 17.3 Å². The van der Waals surface area contributed by atoms with Crippen LogP contribution < -0.4 is 5.32 Å². The quantitative estimate of drug-likeness (QED) is 0.871. The van der Waals surface area contributed by atoms with Crippen LogP contribution >= 0.6 is 12.2 Å². The lowest BCUT2D eigenvalue weighted by atomic mass is 10.2. The molecule has 0 aliphatic rings. The van der Waals surface area contributed by atoms with Gasteiger partial charge in [0.15, 0.2) is 5.11 Å². The monoisotopic (exact) mass is 306 g/mol. The molecule has 21 heavy (non-hydrogen) atoms. The maximum atomic E-state index is 12.8. The Balaban J connectivity index is 1.84. The molecule has 0 spiro atoms. The van der Waals surface area contributed by atoms with E-state index in [4.69, 9.17) is 12.2 Å². The van der Waals surface area contributed by atoms with Gasteiger partial charge in [-0.25, -0.2) is 8.78 Å². The number of nitrogens with one attached hydrogen (secondary N) is 1. The zero-order valence-corrected chi connectivity index (χ0v) is 12.5. The second-order valence-electron chi connectivity index (χ2n) is 4.77. The largest absolute Gasteiger partial charge is 0.358 e. The first-order valence-corrected chi connectivity index (χ1v) is 6.93. The third-order valence-electron chi connectivity index (χ3n) is 3.04. The number of benzene rings is 2. The molecule has 0 unspecified atom stereocenters. The standard InChI is InChI=1S/C16H16F2N2S/c1-20(11-13-4-8-15(18)9-5-13)16(21)19-10-12-2-6-14(17)7-3-12/h2-9H,10-11H2,1H3,(H,19,21). The van der Waals surface area contributed by atoms with Crippen molar-refractivity contribution < 1.29 is 8.78 Å². The van der Waals surface area contributed by atoms with E-state index in [-0.39, 0.29) is 11.6 Å². The molecule has 0 heterocycles. The number of rotatable bonds is 4. The Bertz CT molecular complexity index is 597. The molecule has 5 heteroatoms. The van der Waals surface area contributed by atoms with Crippen LogP contribution in [0.1, 0.15) is 11.1 Å². The summed E-state index contributed by atoms with van der Waals surface area (Å²) in [5.74, 6) is -0.506. The molecule has 0 atom stereocenters. The third kappa shape index (κ3) is 4.79. The molecule has 2 aromatic rings. The van der Waals surface area contributed by atoms with Gasteiger partial charge in [0.1, 0.15) is 11.6 Å². The summed E-state index contributed by atoms with van der Waals surface area (Å²) < 4.78 is 25.6. The number of halogens is 2.